The molecule has 96 valence electrons. The minimum absolute atomic E-state index is 0.476. The second-order valence-corrected chi connectivity index (χ2v) is 5.26. The van der Waals surface area contributed by atoms with Gasteiger partial charge in [-0.05, 0) is 38.1 Å². The standard InChI is InChI=1S/C15H13ClN2O/c1-15(2)18-14(10-7-8-13(16)17-9-10)11-5-3-4-6-12(11)19-15/h3-9H,1-2H3. The number of fused-ring (bicyclic) bond motifs is 1. The molecule has 19 heavy (non-hydrogen) atoms. The number of pyridine rings is 1. The molecule has 0 unspecified atom stereocenters. The van der Waals surface area contributed by atoms with Gasteiger partial charge in [-0.15, -0.1) is 0 Å². The summed E-state index contributed by atoms with van der Waals surface area (Å²) in [5.74, 6) is 0.840. The summed E-state index contributed by atoms with van der Waals surface area (Å²) in [6, 6.07) is 11.6. The van der Waals surface area contributed by atoms with Crippen molar-refractivity contribution in [1.82, 2.24) is 4.98 Å². The van der Waals surface area contributed by atoms with E-state index >= 15 is 0 Å². The highest BCUT2D eigenvalue weighted by molar-refractivity contribution is 6.29. The lowest BCUT2D eigenvalue weighted by atomic mass is 10.0. The number of hydrogen-bond donors (Lipinski definition) is 0. The summed E-state index contributed by atoms with van der Waals surface area (Å²) in [5, 5.41) is 0.476. The topological polar surface area (TPSA) is 34.5 Å². The van der Waals surface area contributed by atoms with Crippen LogP contribution in [0.1, 0.15) is 25.0 Å². The predicted molar refractivity (Wildman–Crippen MR) is 76.0 cm³/mol. The molecule has 1 aromatic heterocycles. The van der Waals surface area contributed by atoms with Crippen molar-refractivity contribution in [3.8, 4) is 5.75 Å². The first-order chi connectivity index (χ1) is 9.05. The first-order valence-corrected chi connectivity index (χ1v) is 6.43. The molecule has 3 rings (SSSR count). The summed E-state index contributed by atoms with van der Waals surface area (Å²) in [4.78, 5) is 8.79. The van der Waals surface area contributed by atoms with Crippen LogP contribution >= 0.6 is 11.6 Å². The zero-order valence-electron chi connectivity index (χ0n) is 10.7. The second kappa shape index (κ2) is 4.35. The predicted octanol–water partition coefficient (Wildman–Crippen LogP) is 3.70. The number of aromatic nitrogens is 1. The molecule has 0 aliphatic carbocycles. The fraction of sp³-hybridized carbons (Fsp3) is 0.200. The van der Waals surface area contributed by atoms with E-state index in [4.69, 9.17) is 16.3 Å². The lowest BCUT2D eigenvalue weighted by Gasteiger charge is -2.30. The summed E-state index contributed by atoms with van der Waals surface area (Å²) >= 11 is 5.83. The number of nitrogens with zero attached hydrogens (tertiary/aromatic N) is 2. The number of rotatable bonds is 1. The van der Waals surface area contributed by atoms with Crippen LogP contribution in [0.4, 0.5) is 0 Å². The molecule has 1 aromatic carbocycles. The van der Waals surface area contributed by atoms with Crippen molar-refractivity contribution in [2.45, 2.75) is 19.6 Å². The first kappa shape index (κ1) is 12.2. The molecule has 0 bridgehead atoms. The lowest BCUT2D eigenvalue weighted by molar-refractivity contribution is 0.115. The van der Waals surface area contributed by atoms with E-state index in [0.717, 1.165) is 22.6 Å². The Kier molecular flexibility index (Phi) is 2.79. The highest BCUT2D eigenvalue weighted by atomic mass is 35.5. The van der Waals surface area contributed by atoms with E-state index in [0.29, 0.717) is 5.15 Å². The van der Waals surface area contributed by atoms with Crippen LogP contribution in [0.5, 0.6) is 5.75 Å². The number of halogens is 1. The van der Waals surface area contributed by atoms with E-state index in [9.17, 15) is 0 Å². The quantitative estimate of drug-likeness (QED) is 0.742. The van der Waals surface area contributed by atoms with Crippen molar-refractivity contribution in [1.29, 1.82) is 0 Å². The fourth-order valence-corrected chi connectivity index (χ4v) is 2.22. The molecule has 0 saturated heterocycles. The van der Waals surface area contributed by atoms with Gasteiger partial charge < -0.3 is 4.74 Å². The van der Waals surface area contributed by atoms with Crippen LogP contribution in [0.3, 0.4) is 0 Å². The van der Waals surface area contributed by atoms with Gasteiger partial charge in [-0.2, -0.15) is 0 Å². The minimum atomic E-state index is -0.580. The molecule has 0 N–H and O–H groups in total. The Bertz CT molecular complexity index is 647. The normalized spacial score (nSPS) is 16.3. The Balaban J connectivity index is 2.17. The molecule has 1 aliphatic rings. The zero-order valence-corrected chi connectivity index (χ0v) is 11.5. The fourth-order valence-electron chi connectivity index (χ4n) is 2.11. The molecule has 0 atom stereocenters. The number of para-hydroxylation sites is 1. The minimum Gasteiger partial charge on any atom is -0.466 e. The van der Waals surface area contributed by atoms with Gasteiger partial charge in [0, 0.05) is 17.3 Å². The molecule has 0 saturated carbocycles. The van der Waals surface area contributed by atoms with E-state index in [1.54, 1.807) is 12.3 Å². The summed E-state index contributed by atoms with van der Waals surface area (Å²) < 4.78 is 5.86. The van der Waals surface area contributed by atoms with Gasteiger partial charge in [-0.1, -0.05) is 23.7 Å². The molecule has 4 heteroatoms. The van der Waals surface area contributed by atoms with Crippen LogP contribution in [-0.2, 0) is 0 Å². The van der Waals surface area contributed by atoms with Crippen molar-refractivity contribution in [2.75, 3.05) is 0 Å². The third-order valence-electron chi connectivity index (χ3n) is 2.88. The van der Waals surface area contributed by atoms with Crippen molar-refractivity contribution in [3.63, 3.8) is 0 Å². The maximum absolute atomic E-state index is 5.86. The molecule has 0 radical (unpaired) electrons. The highest BCUT2D eigenvalue weighted by Crippen LogP contribution is 2.32. The average molecular weight is 273 g/mol. The van der Waals surface area contributed by atoms with Gasteiger partial charge in [0.2, 0.25) is 0 Å². The van der Waals surface area contributed by atoms with Crippen LogP contribution in [-0.4, -0.2) is 16.4 Å². The summed E-state index contributed by atoms with van der Waals surface area (Å²) in [7, 11) is 0. The van der Waals surface area contributed by atoms with Gasteiger partial charge >= 0.3 is 0 Å². The smallest absolute Gasteiger partial charge is 0.195 e. The van der Waals surface area contributed by atoms with Crippen LogP contribution in [0, 0.1) is 0 Å². The van der Waals surface area contributed by atoms with Crippen molar-refractivity contribution >= 4 is 17.3 Å². The lowest BCUT2D eigenvalue weighted by Crippen LogP contribution is -2.32. The van der Waals surface area contributed by atoms with Crippen LogP contribution in [0.2, 0.25) is 5.15 Å². The molecule has 0 fully saturated rings. The number of ether oxygens (including phenoxy) is 1. The van der Waals surface area contributed by atoms with Crippen LogP contribution < -0.4 is 4.74 Å². The Morgan fingerprint density at radius 1 is 1.11 bits per heavy atom. The van der Waals surface area contributed by atoms with E-state index in [2.05, 4.69) is 9.98 Å². The van der Waals surface area contributed by atoms with Crippen LogP contribution in [0.15, 0.2) is 47.6 Å². The zero-order chi connectivity index (χ0) is 13.5. The monoisotopic (exact) mass is 272 g/mol. The van der Waals surface area contributed by atoms with E-state index < -0.39 is 5.72 Å². The second-order valence-electron chi connectivity index (χ2n) is 4.87. The SMILES string of the molecule is CC1(C)N=C(c2ccc(Cl)nc2)c2ccccc2O1. The molecule has 1 aliphatic heterocycles. The maximum atomic E-state index is 5.86. The van der Waals surface area contributed by atoms with Crippen molar-refractivity contribution in [3.05, 3.63) is 58.9 Å². The maximum Gasteiger partial charge on any atom is 0.195 e. The Morgan fingerprint density at radius 3 is 2.63 bits per heavy atom. The molecule has 3 nitrogen and oxygen atoms in total. The molecule has 2 heterocycles. The molecular weight excluding hydrogens is 260 g/mol. The Morgan fingerprint density at radius 2 is 1.89 bits per heavy atom. The van der Waals surface area contributed by atoms with Gasteiger partial charge in [0.05, 0.1) is 5.71 Å². The van der Waals surface area contributed by atoms with Gasteiger partial charge in [-0.25, -0.2) is 9.98 Å². The van der Waals surface area contributed by atoms with E-state index in [-0.39, 0.29) is 0 Å². The van der Waals surface area contributed by atoms with E-state index in [1.165, 1.54) is 0 Å². The molecule has 0 amide bonds. The Hall–Kier alpha value is -1.87. The summed E-state index contributed by atoms with van der Waals surface area (Å²) in [5.41, 5.74) is 2.22. The number of hydrogen-bond acceptors (Lipinski definition) is 3. The van der Waals surface area contributed by atoms with Gasteiger partial charge in [0.1, 0.15) is 10.9 Å². The average Bonchev–Trinajstić information content (AvgIpc) is 2.37. The van der Waals surface area contributed by atoms with Gasteiger partial charge in [0.15, 0.2) is 5.72 Å². The molecule has 0 spiro atoms. The first-order valence-electron chi connectivity index (χ1n) is 6.05. The van der Waals surface area contributed by atoms with Crippen molar-refractivity contribution in [2.24, 2.45) is 4.99 Å². The molecular formula is C15H13ClN2O. The van der Waals surface area contributed by atoms with Crippen LogP contribution in [0.25, 0.3) is 0 Å². The third kappa shape index (κ3) is 2.34. The largest absolute Gasteiger partial charge is 0.466 e. The Labute approximate surface area is 116 Å². The van der Waals surface area contributed by atoms with Crippen molar-refractivity contribution < 1.29 is 4.74 Å². The van der Waals surface area contributed by atoms with Gasteiger partial charge in [-0.3, -0.25) is 0 Å². The third-order valence-corrected chi connectivity index (χ3v) is 3.11. The van der Waals surface area contributed by atoms with Gasteiger partial charge in [0.25, 0.3) is 0 Å². The summed E-state index contributed by atoms with van der Waals surface area (Å²) in [6.45, 7) is 3.87. The number of aliphatic imine (C=N–C) groups is 1. The summed E-state index contributed by atoms with van der Waals surface area (Å²) in [6.07, 6.45) is 1.74. The molecule has 2 aromatic rings. The van der Waals surface area contributed by atoms with E-state index in [1.807, 2.05) is 44.2 Å². The number of benzene rings is 1. The highest BCUT2D eigenvalue weighted by Gasteiger charge is 2.28.